The van der Waals surface area contributed by atoms with Gasteiger partial charge in [-0.15, -0.1) is 0 Å². The first-order chi connectivity index (χ1) is 22.7. The van der Waals surface area contributed by atoms with E-state index in [1.165, 1.54) is 33.4 Å². The van der Waals surface area contributed by atoms with Gasteiger partial charge in [-0.05, 0) is 65.2 Å². The van der Waals surface area contributed by atoms with Crippen LogP contribution in [0.3, 0.4) is 0 Å². The topological polar surface area (TPSA) is 18.5 Å². The van der Waals surface area contributed by atoms with E-state index in [2.05, 4.69) is 180 Å². The second-order valence-electron chi connectivity index (χ2n) is 17.5. The smallest absolute Gasteiger partial charge is 0.134 e. The molecule has 0 fully saturated rings. The van der Waals surface area contributed by atoms with E-state index in [1.54, 1.807) is 0 Å². The van der Waals surface area contributed by atoms with Crippen LogP contribution in [-0.4, -0.2) is 0 Å². The molecule has 49 heavy (non-hydrogen) atoms. The van der Waals surface area contributed by atoms with Crippen LogP contribution < -0.4 is 9.47 Å². The van der Waals surface area contributed by atoms with Crippen LogP contribution in [0, 0.1) is 0 Å². The lowest BCUT2D eigenvalue weighted by Crippen LogP contribution is -2.21. The Morgan fingerprint density at radius 1 is 0.449 bits per heavy atom. The first-order valence-electron chi connectivity index (χ1n) is 17.9. The molecular weight excluding hydrogens is 597 g/mol. The third-order valence-electron chi connectivity index (χ3n) is 8.89. The van der Waals surface area contributed by atoms with Crippen molar-refractivity contribution >= 4 is 12.2 Å². The Labute approximate surface area is 298 Å². The highest BCUT2D eigenvalue weighted by Gasteiger charge is 2.31. The summed E-state index contributed by atoms with van der Waals surface area (Å²) in [5, 5.41) is 0. The van der Waals surface area contributed by atoms with Crippen LogP contribution >= 0.6 is 0 Å². The molecule has 0 amide bonds. The van der Waals surface area contributed by atoms with Gasteiger partial charge in [0.15, 0.2) is 0 Å². The van der Waals surface area contributed by atoms with Gasteiger partial charge in [0.1, 0.15) is 23.0 Å². The predicted octanol–water partition coefficient (Wildman–Crippen LogP) is 14.1. The zero-order chi connectivity index (χ0) is 36.4. The third kappa shape index (κ3) is 9.15. The maximum absolute atomic E-state index is 6.94. The van der Waals surface area contributed by atoms with Gasteiger partial charge in [0, 0.05) is 33.4 Å². The molecule has 0 aliphatic rings. The lowest BCUT2D eigenvalue weighted by atomic mass is 9.76. The summed E-state index contributed by atoms with van der Waals surface area (Å²) in [7, 11) is 0. The first kappa shape index (κ1) is 37.8. The van der Waals surface area contributed by atoms with Gasteiger partial charge in [-0.1, -0.05) is 168 Å². The summed E-state index contributed by atoms with van der Waals surface area (Å²) < 4.78 is 13.9. The molecule has 0 heterocycles. The molecule has 260 valence electrons. The van der Waals surface area contributed by atoms with Crippen LogP contribution in [0.1, 0.15) is 141 Å². The molecule has 0 saturated heterocycles. The summed E-state index contributed by atoms with van der Waals surface area (Å²) in [5.41, 5.74) is 9.08. The minimum Gasteiger partial charge on any atom is -0.456 e. The quantitative estimate of drug-likeness (QED) is 0.188. The van der Waals surface area contributed by atoms with E-state index in [4.69, 9.17) is 9.47 Å². The van der Waals surface area contributed by atoms with Gasteiger partial charge in [-0.2, -0.15) is 0 Å². The molecule has 4 aromatic carbocycles. The van der Waals surface area contributed by atoms with Crippen LogP contribution in [0.2, 0.25) is 0 Å². The maximum Gasteiger partial charge on any atom is 0.134 e. The van der Waals surface area contributed by atoms with Gasteiger partial charge in [0.2, 0.25) is 0 Å². The molecule has 0 radical (unpaired) electrons. The average molecular weight is 657 g/mol. The van der Waals surface area contributed by atoms with Crippen molar-refractivity contribution in [1.82, 2.24) is 0 Å². The molecule has 0 aliphatic carbocycles. The van der Waals surface area contributed by atoms with Crippen molar-refractivity contribution in [2.75, 3.05) is 0 Å². The third-order valence-corrected chi connectivity index (χ3v) is 8.89. The molecular formula is C47H60O2. The number of para-hydroxylation sites is 2. The van der Waals surface area contributed by atoms with Crippen LogP contribution in [0.15, 0.2) is 84.9 Å². The molecule has 4 rings (SSSR count). The Balaban J connectivity index is 1.93. The molecule has 0 N–H and O–H groups in total. The Morgan fingerprint density at radius 3 is 1.00 bits per heavy atom. The van der Waals surface area contributed by atoms with Crippen LogP contribution in [-0.2, 0) is 28.1 Å². The van der Waals surface area contributed by atoms with E-state index in [0.717, 1.165) is 40.5 Å². The van der Waals surface area contributed by atoms with E-state index in [0.29, 0.717) is 0 Å². The fourth-order valence-electron chi connectivity index (χ4n) is 6.27. The average Bonchev–Trinajstić information content (AvgIpc) is 2.98. The monoisotopic (exact) mass is 656 g/mol. The highest BCUT2D eigenvalue weighted by Crippen LogP contribution is 2.46. The second-order valence-corrected chi connectivity index (χ2v) is 17.5. The van der Waals surface area contributed by atoms with Crippen molar-refractivity contribution in [2.24, 2.45) is 0 Å². The summed E-state index contributed by atoms with van der Waals surface area (Å²) in [4.78, 5) is 0. The SMILES string of the molecule is CC=Cc1ccccc1Oc1c(C(C)(C)C)cc(Cc2cc(C(C)(C)C)c(Oc3ccccc3C=CC)c(C(C)(C)C)c2)cc1C(C)(C)C. The van der Waals surface area contributed by atoms with Crippen LogP contribution in [0.25, 0.3) is 12.2 Å². The number of hydrogen-bond donors (Lipinski definition) is 0. The molecule has 2 heteroatoms. The van der Waals surface area contributed by atoms with Gasteiger partial charge in [-0.3, -0.25) is 0 Å². The van der Waals surface area contributed by atoms with E-state index in [1.807, 2.05) is 13.8 Å². The number of hydrogen-bond acceptors (Lipinski definition) is 2. The molecule has 4 aromatic rings. The molecule has 0 aromatic heterocycles. The highest BCUT2D eigenvalue weighted by molar-refractivity contribution is 5.62. The second kappa shape index (κ2) is 14.4. The highest BCUT2D eigenvalue weighted by atomic mass is 16.5. The lowest BCUT2D eigenvalue weighted by molar-refractivity contribution is 0.431. The largest absolute Gasteiger partial charge is 0.456 e. The van der Waals surface area contributed by atoms with E-state index < -0.39 is 0 Å². The number of ether oxygens (including phenoxy) is 2. The summed E-state index contributed by atoms with van der Waals surface area (Å²) in [6, 6.07) is 26.1. The van der Waals surface area contributed by atoms with Gasteiger partial charge in [-0.25, -0.2) is 0 Å². The van der Waals surface area contributed by atoms with Gasteiger partial charge in [0.25, 0.3) is 0 Å². The number of benzene rings is 4. The lowest BCUT2D eigenvalue weighted by Gasteiger charge is -2.32. The van der Waals surface area contributed by atoms with E-state index in [9.17, 15) is 0 Å². The summed E-state index contributed by atoms with van der Waals surface area (Å²) >= 11 is 0. The Kier molecular flexibility index (Phi) is 11.1. The predicted molar refractivity (Wildman–Crippen MR) is 213 cm³/mol. The summed E-state index contributed by atoms with van der Waals surface area (Å²) in [6.07, 6.45) is 9.17. The zero-order valence-corrected chi connectivity index (χ0v) is 32.8. The number of rotatable bonds is 8. The van der Waals surface area contributed by atoms with Crippen molar-refractivity contribution in [3.63, 3.8) is 0 Å². The number of allylic oxidation sites excluding steroid dienone is 2. The first-order valence-corrected chi connectivity index (χ1v) is 17.9. The molecule has 0 spiro atoms. The molecule has 0 atom stereocenters. The molecule has 0 aliphatic heterocycles. The molecule has 0 unspecified atom stereocenters. The summed E-state index contributed by atoms with van der Waals surface area (Å²) in [6.45, 7) is 31.5. The summed E-state index contributed by atoms with van der Waals surface area (Å²) in [5.74, 6) is 3.69. The maximum atomic E-state index is 6.94. The minimum atomic E-state index is -0.133. The Bertz CT molecular complexity index is 1620. The fourth-order valence-corrected chi connectivity index (χ4v) is 6.27. The van der Waals surface area contributed by atoms with Gasteiger partial charge >= 0.3 is 0 Å². The molecule has 0 saturated carbocycles. The van der Waals surface area contributed by atoms with E-state index >= 15 is 0 Å². The van der Waals surface area contributed by atoms with Crippen molar-refractivity contribution in [3.8, 4) is 23.0 Å². The molecule has 2 nitrogen and oxygen atoms in total. The standard InChI is InChI=1S/C47H60O2/c1-15-21-34-23-17-19-25-40(34)48-42-36(44(3,4)5)28-32(29-37(42)45(6,7)8)27-33-30-38(46(9,10)11)43(39(31-33)47(12,13)14)49-41-26-20-18-24-35(41)22-16-2/h15-26,28-31H,27H2,1-14H3. The zero-order valence-electron chi connectivity index (χ0n) is 32.8. The van der Waals surface area contributed by atoms with Crippen molar-refractivity contribution < 1.29 is 9.47 Å². The van der Waals surface area contributed by atoms with Gasteiger partial charge < -0.3 is 9.47 Å². The molecule has 0 bridgehead atoms. The van der Waals surface area contributed by atoms with Crippen molar-refractivity contribution in [1.29, 1.82) is 0 Å². The Morgan fingerprint density at radius 2 is 0.735 bits per heavy atom. The minimum absolute atomic E-state index is 0.133. The van der Waals surface area contributed by atoms with Crippen LogP contribution in [0.5, 0.6) is 23.0 Å². The normalized spacial score (nSPS) is 13.0. The van der Waals surface area contributed by atoms with Crippen LogP contribution in [0.4, 0.5) is 0 Å². The Hall–Kier alpha value is -4.04. The van der Waals surface area contributed by atoms with E-state index in [-0.39, 0.29) is 21.7 Å². The van der Waals surface area contributed by atoms with Crippen molar-refractivity contribution in [3.05, 3.63) is 129 Å². The van der Waals surface area contributed by atoms with Gasteiger partial charge in [0.05, 0.1) is 0 Å². The van der Waals surface area contributed by atoms with Crippen molar-refractivity contribution in [2.45, 2.75) is 125 Å². The fraction of sp³-hybridized carbons (Fsp3) is 0.404.